The van der Waals surface area contributed by atoms with Crippen LogP contribution in [0.3, 0.4) is 0 Å². The summed E-state index contributed by atoms with van der Waals surface area (Å²) in [6.45, 7) is 1.84. The average Bonchev–Trinajstić information content (AvgIpc) is 2.72. The molecule has 2 aromatic rings. The number of likely N-dealkylation sites (tertiary alicyclic amines) is 1. The minimum atomic E-state index is 0.0194. The molecule has 5 nitrogen and oxygen atoms in total. The highest BCUT2D eigenvalue weighted by atomic mass is 35.5. The van der Waals surface area contributed by atoms with E-state index in [4.69, 9.17) is 21.1 Å². The number of halogens is 1. The fourth-order valence-electron chi connectivity index (χ4n) is 3.27. The Balaban J connectivity index is 1.72. The number of hydrogen-bond donors (Lipinski definition) is 1. The van der Waals surface area contributed by atoms with Gasteiger partial charge in [0.1, 0.15) is 6.61 Å². The largest absolute Gasteiger partial charge is 0.493 e. The van der Waals surface area contributed by atoms with Crippen LogP contribution in [0.15, 0.2) is 42.5 Å². The maximum absolute atomic E-state index is 12.8. The summed E-state index contributed by atoms with van der Waals surface area (Å²) in [7, 11) is 3.51. The van der Waals surface area contributed by atoms with Gasteiger partial charge in [0.25, 0.3) is 5.91 Å². The van der Waals surface area contributed by atoms with E-state index in [1.54, 1.807) is 25.3 Å². The fourth-order valence-corrected chi connectivity index (χ4v) is 3.46. The van der Waals surface area contributed by atoms with Crippen molar-refractivity contribution < 1.29 is 14.3 Å². The van der Waals surface area contributed by atoms with Crippen molar-refractivity contribution in [3.8, 4) is 11.5 Å². The molecule has 2 aromatic carbocycles. The van der Waals surface area contributed by atoms with Gasteiger partial charge in [-0.15, -0.1) is 0 Å². The SMILES string of the molecule is CNC1CCCN(C(=O)c2ccc(OCc3ccccc3Cl)c(OC)c2)C1. The number of amides is 1. The molecule has 1 saturated heterocycles. The molecule has 0 aromatic heterocycles. The number of carbonyl (C=O) groups is 1. The van der Waals surface area contributed by atoms with E-state index in [2.05, 4.69) is 5.32 Å². The predicted molar refractivity (Wildman–Crippen MR) is 107 cm³/mol. The number of ether oxygens (including phenoxy) is 2. The van der Waals surface area contributed by atoms with Crippen LogP contribution in [0.2, 0.25) is 5.02 Å². The van der Waals surface area contributed by atoms with Crippen molar-refractivity contribution in [2.45, 2.75) is 25.5 Å². The Kier molecular flexibility index (Phi) is 6.58. The second-order valence-electron chi connectivity index (χ2n) is 6.62. The Morgan fingerprint density at radius 2 is 2.07 bits per heavy atom. The van der Waals surface area contributed by atoms with Crippen molar-refractivity contribution in [1.82, 2.24) is 10.2 Å². The number of methoxy groups -OCH3 is 1. The summed E-state index contributed by atoms with van der Waals surface area (Å²) in [5.41, 5.74) is 1.50. The summed E-state index contributed by atoms with van der Waals surface area (Å²) in [6, 6.07) is 13.2. The molecule has 1 aliphatic rings. The number of nitrogens with zero attached hydrogens (tertiary/aromatic N) is 1. The van der Waals surface area contributed by atoms with E-state index in [1.807, 2.05) is 36.2 Å². The van der Waals surface area contributed by atoms with E-state index < -0.39 is 0 Å². The number of rotatable bonds is 6. The normalized spacial score (nSPS) is 16.9. The van der Waals surface area contributed by atoms with Gasteiger partial charge in [0.2, 0.25) is 0 Å². The maximum atomic E-state index is 12.8. The van der Waals surface area contributed by atoms with Crippen LogP contribution in [0.5, 0.6) is 11.5 Å². The summed E-state index contributed by atoms with van der Waals surface area (Å²) in [5.74, 6) is 1.14. The van der Waals surface area contributed by atoms with E-state index in [-0.39, 0.29) is 5.91 Å². The van der Waals surface area contributed by atoms with Crippen LogP contribution in [0.4, 0.5) is 0 Å². The molecule has 1 N–H and O–H groups in total. The molecule has 0 radical (unpaired) electrons. The minimum Gasteiger partial charge on any atom is -0.493 e. The topological polar surface area (TPSA) is 50.8 Å². The quantitative estimate of drug-likeness (QED) is 0.818. The van der Waals surface area contributed by atoms with E-state index in [0.717, 1.165) is 31.5 Å². The third-order valence-electron chi connectivity index (χ3n) is 4.87. The molecular weight excluding hydrogens is 364 g/mol. The second-order valence-corrected chi connectivity index (χ2v) is 7.03. The summed E-state index contributed by atoms with van der Waals surface area (Å²) < 4.78 is 11.3. The van der Waals surface area contributed by atoms with Gasteiger partial charge in [0.15, 0.2) is 11.5 Å². The average molecular weight is 389 g/mol. The highest BCUT2D eigenvalue weighted by Gasteiger charge is 2.24. The van der Waals surface area contributed by atoms with E-state index in [0.29, 0.717) is 34.7 Å². The maximum Gasteiger partial charge on any atom is 0.254 e. The van der Waals surface area contributed by atoms with Crippen LogP contribution in [0.1, 0.15) is 28.8 Å². The molecule has 6 heteroatoms. The number of hydrogen-bond acceptors (Lipinski definition) is 4. The van der Waals surface area contributed by atoms with Gasteiger partial charge in [-0.25, -0.2) is 0 Å². The molecule has 3 rings (SSSR count). The first kappa shape index (κ1) is 19.5. The zero-order valence-corrected chi connectivity index (χ0v) is 16.5. The number of carbonyl (C=O) groups excluding carboxylic acids is 1. The summed E-state index contributed by atoms with van der Waals surface area (Å²) in [5, 5.41) is 3.92. The molecule has 1 unspecified atom stereocenters. The van der Waals surface area contributed by atoms with Crippen molar-refractivity contribution in [3.63, 3.8) is 0 Å². The van der Waals surface area contributed by atoms with Gasteiger partial charge in [-0.1, -0.05) is 29.8 Å². The lowest BCUT2D eigenvalue weighted by atomic mass is 10.0. The van der Waals surface area contributed by atoms with Crippen molar-refractivity contribution in [2.24, 2.45) is 0 Å². The van der Waals surface area contributed by atoms with E-state index in [1.165, 1.54) is 0 Å². The first-order valence-electron chi connectivity index (χ1n) is 9.13. The fraction of sp³-hybridized carbons (Fsp3) is 0.381. The van der Waals surface area contributed by atoms with Gasteiger partial charge in [0.05, 0.1) is 7.11 Å². The van der Waals surface area contributed by atoms with Crippen LogP contribution in [0, 0.1) is 0 Å². The van der Waals surface area contributed by atoms with Crippen molar-refractivity contribution in [2.75, 3.05) is 27.2 Å². The molecule has 144 valence electrons. The van der Waals surface area contributed by atoms with Crippen LogP contribution < -0.4 is 14.8 Å². The zero-order valence-electron chi connectivity index (χ0n) is 15.7. The van der Waals surface area contributed by atoms with Gasteiger partial charge in [0, 0.05) is 35.3 Å². The number of likely N-dealkylation sites (N-methyl/N-ethyl adjacent to an activating group) is 1. The van der Waals surface area contributed by atoms with Gasteiger partial charge in [-0.05, 0) is 44.2 Å². The van der Waals surface area contributed by atoms with E-state index in [9.17, 15) is 4.79 Å². The molecule has 1 atom stereocenters. The Morgan fingerprint density at radius 3 is 2.81 bits per heavy atom. The smallest absolute Gasteiger partial charge is 0.254 e. The molecule has 0 spiro atoms. The lowest BCUT2D eigenvalue weighted by Crippen LogP contribution is -2.46. The Morgan fingerprint density at radius 1 is 1.26 bits per heavy atom. The Hall–Kier alpha value is -2.24. The molecule has 1 aliphatic heterocycles. The molecule has 0 bridgehead atoms. The molecule has 0 saturated carbocycles. The highest BCUT2D eigenvalue weighted by Crippen LogP contribution is 2.30. The summed E-state index contributed by atoms with van der Waals surface area (Å²) in [6.07, 6.45) is 2.10. The van der Waals surface area contributed by atoms with Gasteiger partial charge < -0.3 is 19.7 Å². The number of piperidine rings is 1. The number of benzene rings is 2. The van der Waals surface area contributed by atoms with Crippen molar-refractivity contribution in [1.29, 1.82) is 0 Å². The monoisotopic (exact) mass is 388 g/mol. The van der Waals surface area contributed by atoms with E-state index >= 15 is 0 Å². The van der Waals surface area contributed by atoms with Gasteiger partial charge in [-0.3, -0.25) is 4.79 Å². The third kappa shape index (κ3) is 4.73. The van der Waals surface area contributed by atoms with Crippen LogP contribution in [-0.2, 0) is 6.61 Å². The standard InChI is InChI=1S/C21H25ClN2O3/c1-23-17-7-5-11-24(13-17)21(25)15-9-10-19(20(12-15)26-2)27-14-16-6-3-4-8-18(16)22/h3-4,6,8-10,12,17,23H,5,7,11,13-14H2,1-2H3. The van der Waals surface area contributed by atoms with Crippen LogP contribution >= 0.6 is 11.6 Å². The molecule has 1 amide bonds. The molecule has 0 aliphatic carbocycles. The second kappa shape index (κ2) is 9.11. The van der Waals surface area contributed by atoms with Crippen LogP contribution in [-0.4, -0.2) is 44.1 Å². The molecule has 1 heterocycles. The highest BCUT2D eigenvalue weighted by molar-refractivity contribution is 6.31. The third-order valence-corrected chi connectivity index (χ3v) is 5.24. The van der Waals surface area contributed by atoms with Crippen LogP contribution in [0.25, 0.3) is 0 Å². The predicted octanol–water partition coefficient (Wildman–Crippen LogP) is 3.75. The number of nitrogens with one attached hydrogen (secondary N) is 1. The lowest BCUT2D eigenvalue weighted by Gasteiger charge is -2.32. The molecule has 1 fully saturated rings. The first-order chi connectivity index (χ1) is 13.1. The summed E-state index contributed by atoms with van der Waals surface area (Å²) >= 11 is 6.17. The van der Waals surface area contributed by atoms with Crippen molar-refractivity contribution in [3.05, 3.63) is 58.6 Å². The Labute approximate surface area is 165 Å². The van der Waals surface area contributed by atoms with Gasteiger partial charge in [-0.2, -0.15) is 0 Å². The minimum absolute atomic E-state index is 0.0194. The lowest BCUT2D eigenvalue weighted by molar-refractivity contribution is 0.0697. The van der Waals surface area contributed by atoms with Crippen molar-refractivity contribution >= 4 is 17.5 Å². The van der Waals surface area contributed by atoms with Gasteiger partial charge >= 0.3 is 0 Å². The Bertz CT molecular complexity index is 797. The first-order valence-corrected chi connectivity index (χ1v) is 9.51. The molecular formula is C21H25ClN2O3. The molecule has 27 heavy (non-hydrogen) atoms. The summed E-state index contributed by atoms with van der Waals surface area (Å²) in [4.78, 5) is 14.7. The zero-order chi connectivity index (χ0) is 19.2.